The van der Waals surface area contributed by atoms with Gasteiger partial charge in [-0.3, -0.25) is 0 Å². The summed E-state index contributed by atoms with van der Waals surface area (Å²) in [5, 5.41) is 11.6. The standard InChI is InChI=1S/C15H13ClFN3S2/c1-9-6-10(7-21-9)14-18-19-15(20(14)2)22-8-11-12(16)4-3-5-13(11)17/h3-7H,8H2,1-2H3. The fraction of sp³-hybridized carbons (Fsp3) is 0.200. The van der Waals surface area contributed by atoms with Crippen molar-refractivity contribution < 1.29 is 4.39 Å². The molecule has 0 bridgehead atoms. The summed E-state index contributed by atoms with van der Waals surface area (Å²) < 4.78 is 15.7. The summed E-state index contributed by atoms with van der Waals surface area (Å²) in [7, 11) is 1.91. The quantitative estimate of drug-likeness (QED) is 0.622. The molecular formula is C15H13ClFN3S2. The van der Waals surface area contributed by atoms with Crippen molar-refractivity contribution in [2.45, 2.75) is 17.8 Å². The van der Waals surface area contributed by atoms with Gasteiger partial charge in [0.2, 0.25) is 0 Å². The minimum atomic E-state index is -0.296. The SMILES string of the molecule is Cc1cc(-c2nnc(SCc3c(F)cccc3Cl)n2C)cs1. The van der Waals surface area contributed by atoms with Crippen molar-refractivity contribution in [1.29, 1.82) is 0 Å². The molecule has 0 radical (unpaired) electrons. The molecule has 0 unspecified atom stereocenters. The van der Waals surface area contributed by atoms with Crippen LogP contribution in [0.4, 0.5) is 4.39 Å². The number of hydrogen-bond donors (Lipinski definition) is 0. The summed E-state index contributed by atoms with van der Waals surface area (Å²) in [6, 6.07) is 6.79. The van der Waals surface area contributed by atoms with Gasteiger partial charge in [0, 0.05) is 39.2 Å². The molecule has 3 aromatic rings. The molecular weight excluding hydrogens is 341 g/mol. The summed E-state index contributed by atoms with van der Waals surface area (Å²) in [5.74, 6) is 0.933. The van der Waals surface area contributed by atoms with Crippen LogP contribution in [0.15, 0.2) is 34.8 Å². The van der Waals surface area contributed by atoms with Gasteiger partial charge in [0.05, 0.1) is 0 Å². The first kappa shape index (κ1) is 15.5. The topological polar surface area (TPSA) is 30.7 Å². The Bertz CT molecular complexity index is 793. The van der Waals surface area contributed by atoms with Crippen molar-refractivity contribution in [2.75, 3.05) is 0 Å². The van der Waals surface area contributed by atoms with Crippen LogP contribution in [0.3, 0.4) is 0 Å². The maximum atomic E-state index is 13.8. The molecule has 0 N–H and O–H groups in total. The summed E-state index contributed by atoms with van der Waals surface area (Å²) in [5.41, 5.74) is 1.54. The lowest BCUT2D eigenvalue weighted by molar-refractivity contribution is 0.617. The largest absolute Gasteiger partial charge is 0.305 e. The first-order chi connectivity index (χ1) is 10.6. The third-order valence-electron chi connectivity index (χ3n) is 3.23. The molecule has 0 saturated heterocycles. The zero-order chi connectivity index (χ0) is 15.7. The molecule has 7 heteroatoms. The predicted octanol–water partition coefficient (Wildman–Crippen LogP) is 4.94. The summed E-state index contributed by atoms with van der Waals surface area (Å²) in [6.07, 6.45) is 0. The van der Waals surface area contributed by atoms with Crippen LogP contribution in [-0.4, -0.2) is 14.8 Å². The number of aryl methyl sites for hydroxylation is 1. The number of rotatable bonds is 4. The lowest BCUT2D eigenvalue weighted by Crippen LogP contribution is -1.95. The van der Waals surface area contributed by atoms with Crippen LogP contribution in [0.1, 0.15) is 10.4 Å². The van der Waals surface area contributed by atoms with Crippen LogP contribution in [-0.2, 0) is 12.8 Å². The normalized spacial score (nSPS) is 11.1. The van der Waals surface area contributed by atoms with E-state index in [9.17, 15) is 4.39 Å². The van der Waals surface area contributed by atoms with Gasteiger partial charge >= 0.3 is 0 Å². The van der Waals surface area contributed by atoms with Crippen molar-refractivity contribution in [3.63, 3.8) is 0 Å². The molecule has 2 heterocycles. The Labute approximate surface area is 141 Å². The Morgan fingerprint density at radius 1 is 1.36 bits per heavy atom. The van der Waals surface area contributed by atoms with E-state index >= 15 is 0 Å². The van der Waals surface area contributed by atoms with Gasteiger partial charge in [-0.15, -0.1) is 21.5 Å². The van der Waals surface area contributed by atoms with E-state index in [1.54, 1.807) is 23.5 Å². The summed E-state index contributed by atoms with van der Waals surface area (Å²) in [6.45, 7) is 2.06. The molecule has 0 spiro atoms. The second-order valence-electron chi connectivity index (χ2n) is 4.80. The van der Waals surface area contributed by atoms with Crippen LogP contribution in [0.2, 0.25) is 5.02 Å². The van der Waals surface area contributed by atoms with Crippen LogP contribution in [0.5, 0.6) is 0 Å². The van der Waals surface area contributed by atoms with Gasteiger partial charge in [-0.05, 0) is 25.1 Å². The Kier molecular flexibility index (Phi) is 4.52. The Morgan fingerprint density at radius 3 is 2.86 bits per heavy atom. The van der Waals surface area contributed by atoms with Gasteiger partial charge < -0.3 is 4.57 Å². The molecule has 22 heavy (non-hydrogen) atoms. The van der Waals surface area contributed by atoms with Crippen LogP contribution < -0.4 is 0 Å². The fourth-order valence-corrected chi connectivity index (χ4v) is 4.00. The molecule has 2 aromatic heterocycles. The first-order valence-corrected chi connectivity index (χ1v) is 8.81. The third kappa shape index (κ3) is 3.04. The minimum absolute atomic E-state index is 0.296. The molecule has 3 nitrogen and oxygen atoms in total. The van der Waals surface area contributed by atoms with Crippen LogP contribution >= 0.6 is 34.7 Å². The maximum absolute atomic E-state index is 13.8. The Balaban J connectivity index is 1.81. The van der Waals surface area contributed by atoms with Gasteiger partial charge in [-0.25, -0.2) is 4.39 Å². The highest BCUT2D eigenvalue weighted by Crippen LogP contribution is 2.30. The number of nitrogens with zero attached hydrogens (tertiary/aromatic N) is 3. The van der Waals surface area contributed by atoms with Crippen molar-refractivity contribution in [3.8, 4) is 11.4 Å². The van der Waals surface area contributed by atoms with E-state index in [0.29, 0.717) is 16.3 Å². The highest BCUT2D eigenvalue weighted by atomic mass is 35.5. The lowest BCUT2D eigenvalue weighted by atomic mass is 10.2. The molecule has 0 aliphatic carbocycles. The average Bonchev–Trinajstić information content (AvgIpc) is 3.05. The van der Waals surface area contributed by atoms with Crippen molar-refractivity contribution in [2.24, 2.45) is 7.05 Å². The van der Waals surface area contributed by atoms with Gasteiger partial charge in [0.25, 0.3) is 0 Å². The molecule has 0 aliphatic rings. The van der Waals surface area contributed by atoms with Gasteiger partial charge in [0.15, 0.2) is 11.0 Å². The van der Waals surface area contributed by atoms with E-state index in [2.05, 4.69) is 28.6 Å². The number of halogens is 2. The number of benzene rings is 1. The molecule has 0 fully saturated rings. The molecule has 0 amide bonds. The number of thioether (sulfide) groups is 1. The zero-order valence-corrected chi connectivity index (χ0v) is 14.4. The molecule has 3 rings (SSSR count). The number of aromatic nitrogens is 3. The monoisotopic (exact) mass is 353 g/mol. The molecule has 0 saturated carbocycles. The minimum Gasteiger partial charge on any atom is -0.305 e. The average molecular weight is 354 g/mol. The van der Waals surface area contributed by atoms with Crippen molar-refractivity contribution in [1.82, 2.24) is 14.8 Å². The molecule has 114 valence electrons. The second-order valence-corrected chi connectivity index (χ2v) is 7.27. The lowest BCUT2D eigenvalue weighted by Gasteiger charge is -2.05. The highest BCUT2D eigenvalue weighted by molar-refractivity contribution is 7.98. The van der Waals surface area contributed by atoms with Gasteiger partial charge in [-0.1, -0.05) is 29.4 Å². The van der Waals surface area contributed by atoms with Crippen molar-refractivity contribution in [3.05, 3.63) is 50.9 Å². The zero-order valence-electron chi connectivity index (χ0n) is 12.0. The summed E-state index contributed by atoms with van der Waals surface area (Å²) in [4.78, 5) is 1.23. The predicted molar refractivity (Wildman–Crippen MR) is 90.0 cm³/mol. The van der Waals surface area contributed by atoms with E-state index in [4.69, 9.17) is 11.6 Å². The van der Waals surface area contributed by atoms with Crippen LogP contribution in [0.25, 0.3) is 11.4 Å². The van der Waals surface area contributed by atoms with Crippen LogP contribution in [0, 0.1) is 12.7 Å². The van der Waals surface area contributed by atoms with Crippen molar-refractivity contribution >= 4 is 34.7 Å². The van der Waals surface area contributed by atoms with Gasteiger partial charge in [0.1, 0.15) is 5.82 Å². The van der Waals surface area contributed by atoms with E-state index in [0.717, 1.165) is 16.5 Å². The second kappa shape index (κ2) is 6.40. The van der Waals surface area contributed by atoms with E-state index in [1.165, 1.54) is 22.7 Å². The third-order valence-corrected chi connectivity index (χ3v) is 5.49. The van der Waals surface area contributed by atoms with Gasteiger partial charge in [-0.2, -0.15) is 0 Å². The molecule has 0 atom stereocenters. The molecule has 0 aliphatic heterocycles. The van der Waals surface area contributed by atoms with E-state index in [1.807, 2.05) is 11.6 Å². The summed E-state index contributed by atoms with van der Waals surface area (Å²) >= 11 is 9.14. The Morgan fingerprint density at radius 2 is 2.18 bits per heavy atom. The smallest absolute Gasteiger partial charge is 0.191 e. The fourth-order valence-electron chi connectivity index (χ4n) is 2.06. The van der Waals surface area contributed by atoms with E-state index < -0.39 is 0 Å². The number of hydrogen-bond acceptors (Lipinski definition) is 4. The maximum Gasteiger partial charge on any atom is 0.191 e. The number of thiophene rings is 1. The Hall–Kier alpha value is -1.37. The first-order valence-electron chi connectivity index (χ1n) is 6.57. The highest BCUT2D eigenvalue weighted by Gasteiger charge is 2.14. The van der Waals surface area contributed by atoms with E-state index in [-0.39, 0.29) is 5.82 Å². The molecule has 1 aromatic carbocycles.